The van der Waals surface area contributed by atoms with Gasteiger partial charge in [-0.3, -0.25) is 15.2 Å². The third kappa shape index (κ3) is 4.36. The molecule has 0 fully saturated rings. The first-order valence-electron chi connectivity index (χ1n) is 4.83. The van der Waals surface area contributed by atoms with Gasteiger partial charge in [-0.1, -0.05) is 0 Å². The van der Waals surface area contributed by atoms with E-state index in [4.69, 9.17) is 5.73 Å². The molecule has 0 rings (SSSR count). The molecular formula is C9H22ClN3. The van der Waals surface area contributed by atoms with Crippen LogP contribution in [0.25, 0.3) is 0 Å². The van der Waals surface area contributed by atoms with Crippen molar-refractivity contribution in [3.05, 3.63) is 0 Å². The first-order chi connectivity index (χ1) is 5.71. The quantitative estimate of drug-likeness (QED) is 0.320. The van der Waals surface area contributed by atoms with Crippen molar-refractivity contribution in [1.29, 1.82) is 0 Å². The smallest absolute Gasteiger partial charge is 0.345 e. The first-order valence-corrected chi connectivity index (χ1v) is 4.83. The molecule has 3 nitrogen and oxygen atoms in total. The molecule has 0 spiro atoms. The summed E-state index contributed by atoms with van der Waals surface area (Å²) >= 11 is 0. The zero-order chi connectivity index (χ0) is 9.56. The van der Waals surface area contributed by atoms with Crippen molar-refractivity contribution in [3.8, 4) is 0 Å². The van der Waals surface area contributed by atoms with Crippen LogP contribution in [0.5, 0.6) is 0 Å². The fraction of sp³-hybridized carbons (Fsp3) is 0.889. The van der Waals surface area contributed by atoms with Crippen LogP contribution in [0.3, 0.4) is 0 Å². The van der Waals surface area contributed by atoms with Crippen LogP contribution >= 0.6 is 0 Å². The highest BCUT2D eigenvalue weighted by atomic mass is 35.5. The Hall–Kier alpha value is -0.440. The number of nitrogens with two attached hydrogens (primary N) is 1. The highest BCUT2D eigenvalue weighted by molar-refractivity contribution is 5.72. The third-order valence-corrected chi connectivity index (χ3v) is 2.17. The van der Waals surface area contributed by atoms with Gasteiger partial charge in [-0.15, -0.1) is 0 Å². The van der Waals surface area contributed by atoms with Crippen LogP contribution in [0, 0.1) is 0 Å². The van der Waals surface area contributed by atoms with E-state index in [1.54, 1.807) is 0 Å². The normalized spacial score (nSPS) is 8.92. The Morgan fingerprint density at radius 1 is 1.08 bits per heavy atom. The number of halogens is 1. The summed E-state index contributed by atoms with van der Waals surface area (Å²) in [5, 5.41) is 0. The Kier molecular flexibility index (Phi) is 9.46. The largest absolute Gasteiger partial charge is 1.00 e. The topological polar surface area (TPSA) is 32.3 Å². The van der Waals surface area contributed by atoms with E-state index in [0.29, 0.717) is 0 Å². The molecule has 0 saturated heterocycles. The monoisotopic (exact) mass is 207 g/mol. The van der Waals surface area contributed by atoms with Crippen molar-refractivity contribution in [3.63, 3.8) is 0 Å². The minimum atomic E-state index is 0. The molecule has 80 valence electrons. The van der Waals surface area contributed by atoms with Gasteiger partial charge in [0.2, 0.25) is 0 Å². The second kappa shape index (κ2) is 8.17. The summed E-state index contributed by atoms with van der Waals surface area (Å²) in [6, 6.07) is 0. The van der Waals surface area contributed by atoms with Crippen molar-refractivity contribution in [2.75, 3.05) is 26.2 Å². The number of nitrogens with zero attached hydrogens (tertiary/aromatic N) is 2. The van der Waals surface area contributed by atoms with Crippen molar-refractivity contribution in [2.45, 2.75) is 27.7 Å². The van der Waals surface area contributed by atoms with E-state index in [0.717, 1.165) is 32.1 Å². The van der Waals surface area contributed by atoms with Crippen LogP contribution in [0.1, 0.15) is 27.7 Å². The Morgan fingerprint density at radius 3 is 1.69 bits per heavy atom. The number of guanidine groups is 1. The van der Waals surface area contributed by atoms with Crippen molar-refractivity contribution in [1.82, 2.24) is 4.90 Å². The molecule has 0 saturated carbocycles. The van der Waals surface area contributed by atoms with Gasteiger partial charge in [0, 0.05) is 0 Å². The fourth-order valence-corrected chi connectivity index (χ4v) is 1.30. The molecule has 0 bridgehead atoms. The van der Waals surface area contributed by atoms with E-state index in [9.17, 15) is 0 Å². The Balaban J connectivity index is 0. The van der Waals surface area contributed by atoms with Gasteiger partial charge in [-0.25, -0.2) is 0 Å². The predicted octanol–water partition coefficient (Wildman–Crippen LogP) is -2.30. The van der Waals surface area contributed by atoms with Gasteiger partial charge in [-0.2, -0.15) is 0 Å². The molecule has 13 heavy (non-hydrogen) atoms. The summed E-state index contributed by atoms with van der Waals surface area (Å²) in [5.74, 6) is 0.907. The first kappa shape index (κ1) is 15.1. The lowest BCUT2D eigenvalue weighted by molar-refractivity contribution is -0.526. The van der Waals surface area contributed by atoms with Crippen LogP contribution in [0.2, 0.25) is 0 Å². The molecule has 0 heterocycles. The fourth-order valence-electron chi connectivity index (χ4n) is 1.30. The van der Waals surface area contributed by atoms with Crippen LogP contribution in [0.4, 0.5) is 0 Å². The lowest BCUT2D eigenvalue weighted by Gasteiger charge is -2.16. The maximum atomic E-state index is 5.97. The molecule has 0 amide bonds. The number of hydrogen-bond acceptors (Lipinski definition) is 0. The molecule has 0 atom stereocenters. The van der Waals surface area contributed by atoms with E-state index >= 15 is 0 Å². The molecule has 0 aliphatic carbocycles. The molecule has 0 aliphatic rings. The average molecular weight is 208 g/mol. The second-order valence-electron chi connectivity index (χ2n) is 2.70. The second-order valence-corrected chi connectivity index (χ2v) is 2.70. The number of hydrogen-bond donors (Lipinski definition) is 1. The van der Waals surface area contributed by atoms with Gasteiger partial charge in [0.15, 0.2) is 0 Å². The summed E-state index contributed by atoms with van der Waals surface area (Å²) in [6.07, 6.45) is 0. The standard InChI is InChI=1S/C9H21N3.ClH/c1-5-11(6-2)9(10)12(7-3)8-4;/h10H,5-8H2,1-4H3;1H. The third-order valence-electron chi connectivity index (χ3n) is 2.17. The van der Waals surface area contributed by atoms with Crippen LogP contribution in [-0.2, 0) is 0 Å². The van der Waals surface area contributed by atoms with E-state index in [-0.39, 0.29) is 12.4 Å². The lowest BCUT2D eigenvalue weighted by Crippen LogP contribution is -3.00. The van der Waals surface area contributed by atoms with Gasteiger partial charge in [0.25, 0.3) is 0 Å². The van der Waals surface area contributed by atoms with E-state index in [1.165, 1.54) is 0 Å². The molecule has 0 unspecified atom stereocenters. The molecule has 0 radical (unpaired) electrons. The van der Waals surface area contributed by atoms with Crippen LogP contribution in [0.15, 0.2) is 0 Å². The highest BCUT2D eigenvalue weighted by Crippen LogP contribution is 1.87. The van der Waals surface area contributed by atoms with E-state index < -0.39 is 0 Å². The van der Waals surface area contributed by atoms with Crippen LogP contribution < -0.4 is 18.1 Å². The van der Waals surface area contributed by atoms with Gasteiger partial charge in [0.05, 0.1) is 26.2 Å². The summed E-state index contributed by atoms with van der Waals surface area (Å²) in [5.41, 5.74) is 5.97. The van der Waals surface area contributed by atoms with Crippen molar-refractivity contribution < 1.29 is 17.0 Å². The SMILES string of the molecule is CCN(CC)C(N)=[N+](CC)CC.[Cl-]. The molecular weight excluding hydrogens is 186 g/mol. The zero-order valence-electron chi connectivity index (χ0n) is 9.18. The summed E-state index contributed by atoms with van der Waals surface area (Å²) < 4.78 is 2.17. The Morgan fingerprint density at radius 2 is 1.46 bits per heavy atom. The summed E-state index contributed by atoms with van der Waals surface area (Å²) in [6.45, 7) is 12.4. The number of rotatable bonds is 4. The van der Waals surface area contributed by atoms with Gasteiger partial charge in [-0.05, 0) is 27.7 Å². The highest BCUT2D eigenvalue weighted by Gasteiger charge is 2.12. The molecule has 0 aromatic heterocycles. The van der Waals surface area contributed by atoms with Crippen molar-refractivity contribution >= 4 is 5.96 Å². The molecule has 0 aromatic rings. The van der Waals surface area contributed by atoms with Crippen molar-refractivity contribution in [2.24, 2.45) is 5.73 Å². The van der Waals surface area contributed by atoms with Gasteiger partial charge >= 0.3 is 5.96 Å². The maximum Gasteiger partial charge on any atom is 0.345 e. The van der Waals surface area contributed by atoms with Crippen LogP contribution in [-0.4, -0.2) is 41.6 Å². The van der Waals surface area contributed by atoms with Gasteiger partial charge < -0.3 is 12.4 Å². The molecule has 0 aromatic carbocycles. The minimum absolute atomic E-state index is 0. The molecule has 2 N–H and O–H groups in total. The van der Waals surface area contributed by atoms with Gasteiger partial charge in [0.1, 0.15) is 0 Å². The maximum absolute atomic E-state index is 5.97. The molecule has 0 aliphatic heterocycles. The summed E-state index contributed by atoms with van der Waals surface area (Å²) in [4.78, 5) is 2.17. The summed E-state index contributed by atoms with van der Waals surface area (Å²) in [7, 11) is 0. The minimum Gasteiger partial charge on any atom is -1.00 e. The van der Waals surface area contributed by atoms with E-state index in [2.05, 4.69) is 37.2 Å². The average Bonchev–Trinajstić information content (AvgIpc) is 2.09. The van der Waals surface area contributed by atoms with E-state index in [1.807, 2.05) is 0 Å². The lowest BCUT2D eigenvalue weighted by atomic mass is 10.5. The predicted molar refractivity (Wildman–Crippen MR) is 53.5 cm³/mol. The Labute approximate surface area is 88.0 Å². The Bertz CT molecular complexity index is 147. The zero-order valence-corrected chi connectivity index (χ0v) is 9.93. The molecule has 4 heteroatoms.